The van der Waals surface area contributed by atoms with Gasteiger partial charge < -0.3 is 15.4 Å². The van der Waals surface area contributed by atoms with Crippen LogP contribution >= 0.6 is 11.3 Å². The van der Waals surface area contributed by atoms with Gasteiger partial charge in [-0.3, -0.25) is 4.99 Å². The molecule has 2 N–H and O–H groups in total. The molecule has 124 valence electrons. The minimum atomic E-state index is 0.742. The van der Waals surface area contributed by atoms with Gasteiger partial charge in [0.25, 0.3) is 0 Å². The Morgan fingerprint density at radius 3 is 2.70 bits per heavy atom. The minimum absolute atomic E-state index is 0.742. The van der Waals surface area contributed by atoms with E-state index in [0.717, 1.165) is 41.9 Å². The van der Waals surface area contributed by atoms with E-state index in [1.54, 1.807) is 25.5 Å². The Labute approximate surface area is 141 Å². The average molecular weight is 332 g/mol. The van der Waals surface area contributed by atoms with Crippen LogP contribution in [0.25, 0.3) is 0 Å². The van der Waals surface area contributed by atoms with Gasteiger partial charge in [-0.25, -0.2) is 4.98 Å². The van der Waals surface area contributed by atoms with Crippen molar-refractivity contribution in [2.24, 2.45) is 4.99 Å². The van der Waals surface area contributed by atoms with Crippen LogP contribution in [0.3, 0.4) is 0 Å². The number of benzene rings is 1. The number of guanidine groups is 1. The molecule has 0 aliphatic carbocycles. The molecular formula is C17H24N4OS. The van der Waals surface area contributed by atoms with E-state index in [4.69, 9.17) is 4.74 Å². The summed E-state index contributed by atoms with van der Waals surface area (Å²) in [7, 11) is 3.48. The zero-order valence-electron chi connectivity index (χ0n) is 14.1. The summed E-state index contributed by atoms with van der Waals surface area (Å²) >= 11 is 1.72. The normalized spacial score (nSPS) is 11.4. The second kappa shape index (κ2) is 8.53. The Morgan fingerprint density at radius 1 is 1.26 bits per heavy atom. The van der Waals surface area contributed by atoms with E-state index >= 15 is 0 Å². The molecule has 0 amide bonds. The second-order valence-corrected chi connectivity index (χ2v) is 6.44. The molecule has 23 heavy (non-hydrogen) atoms. The first-order valence-corrected chi connectivity index (χ1v) is 8.45. The molecule has 6 heteroatoms. The summed E-state index contributed by atoms with van der Waals surface area (Å²) in [6.07, 6.45) is 0.878. The lowest BCUT2D eigenvalue weighted by atomic mass is 10.1. The SMILES string of the molecule is CN=C(NCCc1ccccc1OC)NCc1sc(C)nc1C. The maximum absolute atomic E-state index is 5.37. The molecule has 1 aromatic carbocycles. The Bertz CT molecular complexity index is 666. The minimum Gasteiger partial charge on any atom is -0.496 e. The summed E-state index contributed by atoms with van der Waals surface area (Å²) in [4.78, 5) is 9.95. The van der Waals surface area contributed by atoms with E-state index in [0.29, 0.717) is 0 Å². The summed E-state index contributed by atoms with van der Waals surface area (Å²) in [5.41, 5.74) is 2.27. The quantitative estimate of drug-likeness (QED) is 0.631. The Morgan fingerprint density at radius 2 is 2.04 bits per heavy atom. The molecule has 0 unspecified atom stereocenters. The van der Waals surface area contributed by atoms with Crippen LogP contribution in [0.15, 0.2) is 29.3 Å². The highest BCUT2D eigenvalue weighted by Crippen LogP contribution is 2.17. The zero-order chi connectivity index (χ0) is 16.7. The fourth-order valence-electron chi connectivity index (χ4n) is 2.35. The van der Waals surface area contributed by atoms with Crippen molar-refractivity contribution in [2.45, 2.75) is 26.8 Å². The molecule has 2 rings (SSSR count). The monoisotopic (exact) mass is 332 g/mol. The van der Waals surface area contributed by atoms with Gasteiger partial charge in [0.2, 0.25) is 0 Å². The molecule has 0 atom stereocenters. The highest BCUT2D eigenvalue weighted by Gasteiger charge is 2.06. The van der Waals surface area contributed by atoms with Crippen molar-refractivity contribution in [1.82, 2.24) is 15.6 Å². The molecule has 0 aliphatic heterocycles. The van der Waals surface area contributed by atoms with Crippen molar-refractivity contribution < 1.29 is 4.74 Å². The lowest BCUT2D eigenvalue weighted by molar-refractivity contribution is 0.409. The van der Waals surface area contributed by atoms with E-state index in [2.05, 4.69) is 26.7 Å². The Balaban J connectivity index is 1.82. The maximum atomic E-state index is 5.37. The number of para-hydroxylation sites is 1. The molecule has 0 saturated carbocycles. The number of hydrogen-bond acceptors (Lipinski definition) is 4. The van der Waals surface area contributed by atoms with Gasteiger partial charge in [-0.15, -0.1) is 11.3 Å². The average Bonchev–Trinajstić information content (AvgIpc) is 2.88. The van der Waals surface area contributed by atoms with Crippen LogP contribution in [0.1, 0.15) is 21.1 Å². The van der Waals surface area contributed by atoms with Gasteiger partial charge in [-0.1, -0.05) is 18.2 Å². The first-order valence-electron chi connectivity index (χ1n) is 7.63. The molecule has 0 saturated heterocycles. The number of rotatable bonds is 6. The molecule has 1 aromatic heterocycles. The van der Waals surface area contributed by atoms with E-state index in [1.807, 2.05) is 32.0 Å². The van der Waals surface area contributed by atoms with E-state index in [-0.39, 0.29) is 0 Å². The van der Waals surface area contributed by atoms with Crippen molar-refractivity contribution in [1.29, 1.82) is 0 Å². The number of hydrogen-bond donors (Lipinski definition) is 2. The van der Waals surface area contributed by atoms with Crippen LogP contribution in [-0.2, 0) is 13.0 Å². The van der Waals surface area contributed by atoms with E-state index in [1.165, 1.54) is 10.4 Å². The van der Waals surface area contributed by atoms with Crippen molar-refractivity contribution >= 4 is 17.3 Å². The first-order chi connectivity index (χ1) is 11.1. The van der Waals surface area contributed by atoms with Crippen LogP contribution in [0.5, 0.6) is 5.75 Å². The summed E-state index contributed by atoms with van der Waals surface area (Å²) < 4.78 is 5.37. The third-order valence-electron chi connectivity index (χ3n) is 3.52. The van der Waals surface area contributed by atoms with Crippen LogP contribution in [0.2, 0.25) is 0 Å². The smallest absolute Gasteiger partial charge is 0.191 e. The number of aromatic nitrogens is 1. The van der Waals surface area contributed by atoms with E-state index < -0.39 is 0 Å². The topological polar surface area (TPSA) is 58.5 Å². The van der Waals surface area contributed by atoms with Crippen molar-refractivity contribution in [3.63, 3.8) is 0 Å². The number of nitrogens with zero attached hydrogens (tertiary/aromatic N) is 2. The Hall–Kier alpha value is -2.08. The van der Waals surface area contributed by atoms with Crippen LogP contribution in [0.4, 0.5) is 0 Å². The summed E-state index contributed by atoms with van der Waals surface area (Å²) in [5.74, 6) is 1.72. The van der Waals surface area contributed by atoms with Crippen molar-refractivity contribution in [3.8, 4) is 5.75 Å². The molecule has 5 nitrogen and oxygen atoms in total. The largest absolute Gasteiger partial charge is 0.496 e. The highest BCUT2D eigenvalue weighted by atomic mass is 32.1. The van der Waals surface area contributed by atoms with Gasteiger partial charge in [0.1, 0.15) is 5.75 Å². The standard InChI is InChI=1S/C17H24N4OS/c1-12-16(23-13(2)21-12)11-20-17(18-3)19-10-9-14-7-5-6-8-15(14)22-4/h5-8H,9-11H2,1-4H3,(H2,18,19,20). The van der Waals surface area contributed by atoms with Gasteiger partial charge in [0, 0.05) is 18.5 Å². The van der Waals surface area contributed by atoms with Crippen molar-refractivity contribution in [3.05, 3.63) is 45.4 Å². The zero-order valence-corrected chi connectivity index (χ0v) is 15.0. The molecule has 2 aromatic rings. The fourth-order valence-corrected chi connectivity index (χ4v) is 3.22. The van der Waals surface area contributed by atoms with Crippen LogP contribution in [0, 0.1) is 13.8 Å². The summed E-state index contributed by atoms with van der Waals surface area (Å²) in [5, 5.41) is 7.76. The highest BCUT2D eigenvalue weighted by molar-refractivity contribution is 7.11. The fraction of sp³-hybridized carbons (Fsp3) is 0.412. The van der Waals surface area contributed by atoms with Gasteiger partial charge in [0.15, 0.2) is 5.96 Å². The van der Waals surface area contributed by atoms with Gasteiger partial charge in [-0.2, -0.15) is 0 Å². The third kappa shape index (κ3) is 4.96. The molecular weight excluding hydrogens is 308 g/mol. The number of thiazole rings is 1. The number of aliphatic imine (C=N–C) groups is 1. The van der Waals surface area contributed by atoms with Crippen LogP contribution < -0.4 is 15.4 Å². The molecule has 1 heterocycles. The summed E-state index contributed by atoms with van der Waals surface area (Å²) in [6, 6.07) is 8.08. The summed E-state index contributed by atoms with van der Waals surface area (Å²) in [6.45, 7) is 5.60. The molecule has 0 fully saturated rings. The number of nitrogens with one attached hydrogen (secondary N) is 2. The number of methoxy groups -OCH3 is 1. The number of aryl methyl sites for hydroxylation is 2. The third-order valence-corrected chi connectivity index (χ3v) is 4.59. The Kier molecular flexibility index (Phi) is 6.40. The maximum Gasteiger partial charge on any atom is 0.191 e. The lowest BCUT2D eigenvalue weighted by Gasteiger charge is -2.12. The van der Waals surface area contributed by atoms with Crippen molar-refractivity contribution in [2.75, 3.05) is 20.7 Å². The molecule has 0 bridgehead atoms. The number of ether oxygens (including phenoxy) is 1. The predicted molar refractivity (Wildman–Crippen MR) is 96.5 cm³/mol. The van der Waals surface area contributed by atoms with Gasteiger partial charge >= 0.3 is 0 Å². The molecule has 0 aliphatic rings. The lowest BCUT2D eigenvalue weighted by Crippen LogP contribution is -2.37. The molecule has 0 radical (unpaired) electrons. The van der Waals surface area contributed by atoms with Crippen LogP contribution in [-0.4, -0.2) is 31.6 Å². The molecule has 0 spiro atoms. The predicted octanol–water partition coefficient (Wildman–Crippen LogP) is 2.68. The van der Waals surface area contributed by atoms with E-state index in [9.17, 15) is 0 Å². The first kappa shape index (κ1) is 17.3. The van der Waals surface area contributed by atoms with Gasteiger partial charge in [-0.05, 0) is 31.9 Å². The second-order valence-electron chi connectivity index (χ2n) is 5.16. The van der Waals surface area contributed by atoms with Gasteiger partial charge in [0.05, 0.1) is 24.4 Å².